The van der Waals surface area contributed by atoms with Gasteiger partial charge < -0.3 is 15.5 Å². The van der Waals surface area contributed by atoms with Crippen molar-refractivity contribution in [3.8, 4) is 11.3 Å². The van der Waals surface area contributed by atoms with E-state index < -0.39 is 21.4 Å². The van der Waals surface area contributed by atoms with Gasteiger partial charge in [0, 0.05) is 38.9 Å². The predicted molar refractivity (Wildman–Crippen MR) is 158 cm³/mol. The molecule has 0 bridgehead atoms. The summed E-state index contributed by atoms with van der Waals surface area (Å²) in [5, 5.41) is -0.216. The molecule has 0 saturated carbocycles. The number of aromatic nitrogens is 3. The van der Waals surface area contributed by atoms with E-state index in [4.69, 9.17) is 10.7 Å². The maximum absolute atomic E-state index is 13.6. The smallest absolute Gasteiger partial charge is 0.203 e. The lowest BCUT2D eigenvalue weighted by Gasteiger charge is -2.34. The van der Waals surface area contributed by atoms with Crippen LogP contribution in [0.3, 0.4) is 0 Å². The second-order valence-electron chi connectivity index (χ2n) is 11.6. The second-order valence-corrected chi connectivity index (χ2v) is 13.5. The Labute approximate surface area is 232 Å². The molecule has 0 amide bonds. The Bertz CT molecular complexity index is 1480. The van der Waals surface area contributed by atoms with Gasteiger partial charge in [-0.15, -0.1) is 0 Å². The molecule has 0 radical (unpaired) electrons. The average Bonchev–Trinajstić information content (AvgIpc) is 3.14. The first-order valence-corrected chi connectivity index (χ1v) is 14.9. The minimum atomic E-state index is -4.00. The minimum absolute atomic E-state index is 0. The third-order valence-electron chi connectivity index (χ3n) is 6.96. The summed E-state index contributed by atoms with van der Waals surface area (Å²) in [6.07, 6.45) is 2.69. The summed E-state index contributed by atoms with van der Waals surface area (Å²) >= 11 is 0. The molecule has 1 atom stereocenters. The van der Waals surface area contributed by atoms with E-state index in [0.717, 1.165) is 24.3 Å². The molecule has 3 aromatic heterocycles. The maximum atomic E-state index is 13.6. The Morgan fingerprint density at radius 3 is 2.59 bits per heavy atom. The number of hydrogen-bond acceptors (Lipinski definition) is 9. The molecule has 4 heterocycles. The van der Waals surface area contributed by atoms with E-state index in [2.05, 4.69) is 54.4 Å². The third kappa shape index (κ3) is 6.38. The van der Waals surface area contributed by atoms with Crippen molar-refractivity contribution in [2.45, 2.75) is 51.6 Å². The van der Waals surface area contributed by atoms with Crippen LogP contribution in [-0.2, 0) is 9.84 Å². The monoisotopic (exact) mass is 552 g/mol. The lowest BCUT2D eigenvalue weighted by molar-refractivity contribution is 0.102. The highest BCUT2D eigenvalue weighted by Crippen LogP contribution is 2.38. The number of ketones is 1. The lowest BCUT2D eigenvalue weighted by atomic mass is 9.97. The molecule has 1 saturated heterocycles. The van der Waals surface area contributed by atoms with Crippen LogP contribution in [0.4, 0.5) is 17.5 Å². The van der Waals surface area contributed by atoms with E-state index in [0.29, 0.717) is 29.9 Å². The van der Waals surface area contributed by atoms with Crippen molar-refractivity contribution < 1.29 is 14.6 Å². The molecule has 4 rings (SSSR count). The number of nitrogens with zero attached hydrogens (tertiary/aromatic N) is 5. The number of hydrogen-bond donors (Lipinski definition) is 1. The quantitative estimate of drug-likeness (QED) is 0.375. The van der Waals surface area contributed by atoms with Crippen molar-refractivity contribution >= 4 is 33.1 Å². The zero-order valence-electron chi connectivity index (χ0n) is 23.5. The van der Waals surface area contributed by atoms with Crippen molar-refractivity contribution in [3.63, 3.8) is 0 Å². The van der Waals surface area contributed by atoms with Crippen LogP contribution >= 0.6 is 0 Å². The summed E-state index contributed by atoms with van der Waals surface area (Å²) in [7, 11) is -1.99. The summed E-state index contributed by atoms with van der Waals surface area (Å²) in [4.78, 5) is 31.2. The molecule has 1 fully saturated rings. The standard InChI is InChI=1S/C29H38N6O3S.H2/c1-19(2)16-34(6)26-14-21(12-13-31-26)23-11-10-22(28(32-23)35-17-20(3)15-29(35,4)5)24(36)18-39(37,38)27-9-7-8-25(30)33-27;/h7-14,19-20H,15-18H2,1-6H3,(H2,30,33);1H. The van der Waals surface area contributed by atoms with E-state index in [-0.39, 0.29) is 23.4 Å². The number of nitrogen functional groups attached to an aromatic ring is 1. The van der Waals surface area contributed by atoms with Crippen molar-refractivity contribution in [2.75, 3.05) is 41.4 Å². The highest BCUT2D eigenvalue weighted by atomic mass is 32.2. The lowest BCUT2D eigenvalue weighted by Crippen LogP contribution is -2.40. The zero-order valence-corrected chi connectivity index (χ0v) is 24.4. The van der Waals surface area contributed by atoms with Gasteiger partial charge in [-0.2, -0.15) is 0 Å². The normalized spacial score (nSPS) is 17.0. The fraction of sp³-hybridized carbons (Fsp3) is 0.448. The van der Waals surface area contributed by atoms with Gasteiger partial charge in [-0.25, -0.2) is 23.4 Å². The first kappa shape index (κ1) is 28.5. The summed E-state index contributed by atoms with van der Waals surface area (Å²) < 4.78 is 26.1. The van der Waals surface area contributed by atoms with E-state index in [1.165, 1.54) is 18.2 Å². The van der Waals surface area contributed by atoms with E-state index >= 15 is 0 Å². The number of Topliss-reactive ketones (excluding diaryl/α,β-unsaturated/α-hetero) is 1. The zero-order chi connectivity index (χ0) is 28.5. The first-order valence-electron chi connectivity index (χ1n) is 13.2. The van der Waals surface area contributed by atoms with E-state index in [1.54, 1.807) is 18.3 Å². The van der Waals surface area contributed by atoms with Crippen LogP contribution in [-0.4, -0.2) is 60.6 Å². The SMILES string of the molecule is CC(C)CN(C)c1cc(-c2ccc(C(=O)CS(=O)(=O)c3cccc(N)n3)c(N3CC(C)CC3(C)C)n2)ccn1.[HH]. The number of sulfone groups is 1. The predicted octanol–water partition coefficient (Wildman–Crippen LogP) is 4.74. The molecule has 39 heavy (non-hydrogen) atoms. The molecule has 0 aromatic carbocycles. The van der Waals surface area contributed by atoms with Gasteiger partial charge in [0.05, 0.1) is 11.3 Å². The number of pyridine rings is 3. The highest BCUT2D eigenvalue weighted by molar-refractivity contribution is 7.92. The van der Waals surface area contributed by atoms with Gasteiger partial charge in [0.2, 0.25) is 9.84 Å². The molecule has 3 aromatic rings. The summed E-state index contributed by atoms with van der Waals surface area (Å²) in [5.74, 6) is 1.03. The molecule has 0 aliphatic carbocycles. The molecular formula is C29H40N6O3S. The second kappa shape index (κ2) is 10.9. The van der Waals surface area contributed by atoms with Gasteiger partial charge in [0.1, 0.15) is 23.2 Å². The Morgan fingerprint density at radius 1 is 1.21 bits per heavy atom. The van der Waals surface area contributed by atoms with Gasteiger partial charge in [-0.05, 0) is 68.5 Å². The Balaban J connectivity index is 0.00000441. The summed E-state index contributed by atoms with van der Waals surface area (Å²) in [5.41, 5.74) is 7.28. The van der Waals surface area contributed by atoms with Crippen LogP contribution in [0.25, 0.3) is 11.3 Å². The topological polar surface area (TPSA) is 122 Å². The van der Waals surface area contributed by atoms with Crippen molar-refractivity contribution in [2.24, 2.45) is 11.8 Å². The number of anilines is 3. The van der Waals surface area contributed by atoms with Crippen LogP contribution in [0, 0.1) is 11.8 Å². The van der Waals surface area contributed by atoms with Gasteiger partial charge in [-0.3, -0.25) is 4.79 Å². The molecule has 9 nitrogen and oxygen atoms in total. The number of carbonyl (C=O) groups is 1. The van der Waals surface area contributed by atoms with Crippen LogP contribution in [0.2, 0.25) is 0 Å². The number of rotatable bonds is 9. The van der Waals surface area contributed by atoms with Crippen LogP contribution in [0.15, 0.2) is 53.7 Å². The van der Waals surface area contributed by atoms with Gasteiger partial charge in [-0.1, -0.05) is 26.8 Å². The number of carbonyl (C=O) groups excluding carboxylic acids is 1. The maximum Gasteiger partial charge on any atom is 0.203 e. The average molecular weight is 553 g/mol. The molecule has 1 aliphatic rings. The Kier molecular flexibility index (Phi) is 7.97. The van der Waals surface area contributed by atoms with Crippen molar-refractivity contribution in [1.29, 1.82) is 0 Å². The molecule has 210 valence electrons. The molecule has 10 heteroatoms. The molecule has 0 spiro atoms. The first-order chi connectivity index (χ1) is 18.3. The van der Waals surface area contributed by atoms with Gasteiger partial charge >= 0.3 is 0 Å². The van der Waals surface area contributed by atoms with Crippen LogP contribution < -0.4 is 15.5 Å². The number of nitrogens with two attached hydrogens (primary N) is 1. The highest BCUT2D eigenvalue weighted by Gasteiger charge is 2.39. The van der Waals surface area contributed by atoms with E-state index in [9.17, 15) is 13.2 Å². The third-order valence-corrected chi connectivity index (χ3v) is 8.47. The minimum Gasteiger partial charge on any atom is -0.384 e. The van der Waals surface area contributed by atoms with Gasteiger partial charge in [0.25, 0.3) is 0 Å². The Hall–Kier alpha value is -3.53. The molecule has 1 aliphatic heterocycles. The summed E-state index contributed by atoms with van der Waals surface area (Å²) in [6.45, 7) is 12.3. The Morgan fingerprint density at radius 2 is 1.95 bits per heavy atom. The largest absolute Gasteiger partial charge is 0.384 e. The van der Waals surface area contributed by atoms with Crippen molar-refractivity contribution in [3.05, 3.63) is 54.2 Å². The fourth-order valence-corrected chi connectivity index (χ4v) is 6.53. The fourth-order valence-electron chi connectivity index (χ4n) is 5.35. The molecular weight excluding hydrogens is 512 g/mol. The molecule has 2 N–H and O–H groups in total. The molecule has 1 unspecified atom stereocenters. The van der Waals surface area contributed by atoms with Crippen molar-refractivity contribution in [1.82, 2.24) is 15.0 Å². The van der Waals surface area contributed by atoms with Crippen LogP contribution in [0.1, 0.15) is 52.8 Å². The van der Waals surface area contributed by atoms with Crippen LogP contribution in [0.5, 0.6) is 0 Å². The van der Waals surface area contributed by atoms with Gasteiger partial charge in [0.15, 0.2) is 10.8 Å². The summed E-state index contributed by atoms with van der Waals surface area (Å²) in [6, 6.07) is 11.7. The van der Waals surface area contributed by atoms with E-state index in [1.807, 2.05) is 19.2 Å².